The maximum Gasteiger partial charge on any atom is 0.224 e. The normalized spacial score (nSPS) is 10.5. The van der Waals surface area contributed by atoms with Gasteiger partial charge in [-0.3, -0.25) is 0 Å². The van der Waals surface area contributed by atoms with E-state index in [1.54, 1.807) is 14.0 Å². The van der Waals surface area contributed by atoms with Crippen molar-refractivity contribution in [3.8, 4) is 0 Å². The molecule has 0 fully saturated rings. The van der Waals surface area contributed by atoms with Gasteiger partial charge in [-0.15, -0.1) is 0 Å². The van der Waals surface area contributed by atoms with E-state index in [1.807, 2.05) is 0 Å². The molecule has 0 saturated carbocycles. The molecule has 0 aromatic carbocycles. The number of rotatable bonds is 7. The molecule has 3 N–H and O–H groups in total. The summed E-state index contributed by atoms with van der Waals surface area (Å²) in [5.41, 5.74) is 6.97. The zero-order chi connectivity index (χ0) is 12.7. The number of nitrogens with one attached hydrogen (secondary N) is 1. The van der Waals surface area contributed by atoms with Crippen LogP contribution in [-0.2, 0) is 9.47 Å². The Morgan fingerprint density at radius 3 is 2.76 bits per heavy atom. The molecule has 7 heteroatoms. The van der Waals surface area contributed by atoms with Crippen molar-refractivity contribution < 1.29 is 9.47 Å². The number of hydrogen-bond donors (Lipinski definition) is 2. The molecule has 1 aromatic heterocycles. The highest BCUT2D eigenvalue weighted by atomic mass is 35.5. The lowest BCUT2D eigenvalue weighted by molar-refractivity contribution is 0.0759. The number of nitrogen functional groups attached to an aromatic ring is 1. The lowest BCUT2D eigenvalue weighted by atomic mass is 10.3. The van der Waals surface area contributed by atoms with Crippen molar-refractivity contribution in [2.45, 2.75) is 6.92 Å². The van der Waals surface area contributed by atoms with Gasteiger partial charge in [-0.1, -0.05) is 0 Å². The minimum Gasteiger partial charge on any atom is -0.394 e. The van der Waals surface area contributed by atoms with Gasteiger partial charge in [0.2, 0.25) is 5.28 Å². The third kappa shape index (κ3) is 4.72. The molecule has 17 heavy (non-hydrogen) atoms. The van der Waals surface area contributed by atoms with E-state index in [4.69, 9.17) is 26.8 Å². The summed E-state index contributed by atoms with van der Waals surface area (Å²) in [5, 5.41) is 3.23. The van der Waals surface area contributed by atoms with Crippen molar-refractivity contribution >= 4 is 23.1 Å². The molecule has 1 aromatic rings. The van der Waals surface area contributed by atoms with Crippen LogP contribution in [0.4, 0.5) is 11.5 Å². The first-order valence-corrected chi connectivity index (χ1v) is 5.63. The van der Waals surface area contributed by atoms with E-state index in [1.165, 1.54) is 0 Å². The van der Waals surface area contributed by atoms with Crippen LogP contribution in [0.5, 0.6) is 0 Å². The van der Waals surface area contributed by atoms with E-state index in [-0.39, 0.29) is 5.28 Å². The first-order valence-electron chi connectivity index (χ1n) is 5.25. The van der Waals surface area contributed by atoms with E-state index in [0.29, 0.717) is 43.6 Å². The third-order valence-electron chi connectivity index (χ3n) is 2.08. The van der Waals surface area contributed by atoms with Gasteiger partial charge in [0.25, 0.3) is 0 Å². The summed E-state index contributed by atoms with van der Waals surface area (Å²) in [6.07, 6.45) is 0. The van der Waals surface area contributed by atoms with E-state index in [0.717, 1.165) is 0 Å². The number of aromatic nitrogens is 2. The second-order valence-corrected chi connectivity index (χ2v) is 3.71. The summed E-state index contributed by atoms with van der Waals surface area (Å²) in [5.74, 6) is 0.540. The van der Waals surface area contributed by atoms with Crippen LogP contribution in [0.15, 0.2) is 0 Å². The topological polar surface area (TPSA) is 82.3 Å². The van der Waals surface area contributed by atoms with Crippen LogP contribution >= 0.6 is 11.6 Å². The first kappa shape index (κ1) is 14.0. The highest BCUT2D eigenvalue weighted by molar-refractivity contribution is 6.28. The largest absolute Gasteiger partial charge is 0.394 e. The Morgan fingerprint density at radius 2 is 2.06 bits per heavy atom. The van der Waals surface area contributed by atoms with Crippen molar-refractivity contribution in [1.29, 1.82) is 0 Å². The molecule has 0 bridgehead atoms. The molecule has 0 spiro atoms. The quantitative estimate of drug-likeness (QED) is 0.564. The Kier molecular flexibility index (Phi) is 5.96. The molecule has 0 aliphatic carbocycles. The standard InChI is InChI=1S/C10H17ClN4O2/c1-7-8(12)9(15-10(11)14-7)13-3-4-17-6-5-16-2/h3-6,12H2,1-2H3,(H,13,14,15). The smallest absolute Gasteiger partial charge is 0.224 e. The first-order chi connectivity index (χ1) is 8.15. The molecule has 0 aliphatic rings. The number of methoxy groups -OCH3 is 1. The van der Waals surface area contributed by atoms with Gasteiger partial charge in [0.1, 0.15) is 0 Å². The zero-order valence-electron chi connectivity index (χ0n) is 9.99. The SMILES string of the molecule is COCCOCCNc1nc(Cl)nc(C)c1N. The lowest BCUT2D eigenvalue weighted by Gasteiger charge is -2.10. The van der Waals surface area contributed by atoms with Gasteiger partial charge in [-0.25, -0.2) is 4.98 Å². The highest BCUT2D eigenvalue weighted by Gasteiger charge is 2.06. The second kappa shape index (κ2) is 7.26. The van der Waals surface area contributed by atoms with Gasteiger partial charge in [0.05, 0.1) is 31.2 Å². The van der Waals surface area contributed by atoms with Gasteiger partial charge in [0.15, 0.2) is 5.82 Å². The summed E-state index contributed by atoms with van der Waals surface area (Å²) in [4.78, 5) is 7.95. The second-order valence-electron chi connectivity index (χ2n) is 3.37. The van der Waals surface area contributed by atoms with Gasteiger partial charge in [-0.05, 0) is 18.5 Å². The molecule has 0 radical (unpaired) electrons. The van der Waals surface area contributed by atoms with Crippen LogP contribution in [0.1, 0.15) is 5.69 Å². The predicted octanol–water partition coefficient (Wildman–Crippen LogP) is 1.10. The molecular formula is C10H17ClN4O2. The monoisotopic (exact) mass is 260 g/mol. The van der Waals surface area contributed by atoms with E-state index >= 15 is 0 Å². The van der Waals surface area contributed by atoms with Crippen molar-refractivity contribution in [2.75, 3.05) is 44.5 Å². The summed E-state index contributed by atoms with van der Waals surface area (Å²) < 4.78 is 10.1. The van der Waals surface area contributed by atoms with E-state index < -0.39 is 0 Å². The summed E-state index contributed by atoms with van der Waals surface area (Å²) >= 11 is 5.74. The molecule has 1 rings (SSSR count). The fourth-order valence-corrected chi connectivity index (χ4v) is 1.38. The fourth-order valence-electron chi connectivity index (χ4n) is 1.17. The molecule has 0 saturated heterocycles. The number of nitrogens with zero attached hydrogens (tertiary/aromatic N) is 2. The van der Waals surface area contributed by atoms with Crippen LogP contribution < -0.4 is 11.1 Å². The van der Waals surface area contributed by atoms with Crippen LogP contribution in [0.3, 0.4) is 0 Å². The maximum atomic E-state index is 5.81. The van der Waals surface area contributed by atoms with Crippen LogP contribution in [0, 0.1) is 6.92 Å². The molecule has 0 atom stereocenters. The number of halogens is 1. The Hall–Kier alpha value is -1.11. The zero-order valence-corrected chi connectivity index (χ0v) is 10.8. The average Bonchev–Trinajstić information content (AvgIpc) is 2.29. The summed E-state index contributed by atoms with van der Waals surface area (Å²) in [6, 6.07) is 0. The number of hydrogen-bond acceptors (Lipinski definition) is 6. The lowest BCUT2D eigenvalue weighted by Crippen LogP contribution is -2.14. The van der Waals surface area contributed by atoms with Crippen molar-refractivity contribution in [2.24, 2.45) is 0 Å². The maximum absolute atomic E-state index is 5.81. The minimum atomic E-state index is 0.180. The van der Waals surface area contributed by atoms with Gasteiger partial charge < -0.3 is 20.5 Å². The minimum absolute atomic E-state index is 0.180. The molecule has 1 heterocycles. The number of anilines is 2. The van der Waals surface area contributed by atoms with Crippen molar-refractivity contribution in [3.63, 3.8) is 0 Å². The van der Waals surface area contributed by atoms with Gasteiger partial charge >= 0.3 is 0 Å². The van der Waals surface area contributed by atoms with E-state index in [2.05, 4.69) is 15.3 Å². The Labute approximate surface area is 105 Å². The molecule has 96 valence electrons. The van der Waals surface area contributed by atoms with Crippen molar-refractivity contribution in [1.82, 2.24) is 9.97 Å². The number of ether oxygens (including phenoxy) is 2. The number of nitrogens with two attached hydrogens (primary N) is 1. The van der Waals surface area contributed by atoms with Gasteiger partial charge in [-0.2, -0.15) is 4.98 Å². The van der Waals surface area contributed by atoms with Gasteiger partial charge in [0, 0.05) is 13.7 Å². The van der Waals surface area contributed by atoms with Crippen LogP contribution in [-0.4, -0.2) is 43.4 Å². The fraction of sp³-hybridized carbons (Fsp3) is 0.600. The molecular weight excluding hydrogens is 244 g/mol. The molecule has 0 amide bonds. The van der Waals surface area contributed by atoms with Crippen LogP contribution in [0.25, 0.3) is 0 Å². The third-order valence-corrected chi connectivity index (χ3v) is 2.25. The predicted molar refractivity (Wildman–Crippen MR) is 67.4 cm³/mol. The van der Waals surface area contributed by atoms with Crippen LogP contribution in [0.2, 0.25) is 5.28 Å². The highest BCUT2D eigenvalue weighted by Crippen LogP contribution is 2.19. The Bertz CT molecular complexity index is 362. The summed E-state index contributed by atoms with van der Waals surface area (Å²) in [6.45, 7) is 4.07. The molecule has 0 unspecified atom stereocenters. The average molecular weight is 261 g/mol. The Balaban J connectivity index is 2.36. The molecule has 6 nitrogen and oxygen atoms in total. The number of aryl methyl sites for hydroxylation is 1. The molecule has 0 aliphatic heterocycles. The van der Waals surface area contributed by atoms with Crippen molar-refractivity contribution in [3.05, 3.63) is 11.0 Å². The summed E-state index contributed by atoms with van der Waals surface area (Å²) in [7, 11) is 1.63. The van der Waals surface area contributed by atoms with E-state index in [9.17, 15) is 0 Å². The Morgan fingerprint density at radius 1 is 1.29 bits per heavy atom.